The number of carbonyl (C=O) groups is 2. The van der Waals surface area contributed by atoms with Gasteiger partial charge < -0.3 is 20.5 Å². The van der Waals surface area contributed by atoms with Crippen LogP contribution >= 0.6 is 0 Å². The Kier molecular flexibility index (Phi) is 6.02. The minimum atomic E-state index is -0.726. The van der Waals surface area contributed by atoms with Crippen molar-refractivity contribution in [2.24, 2.45) is 5.92 Å². The van der Waals surface area contributed by atoms with Gasteiger partial charge in [0, 0.05) is 12.2 Å². The van der Waals surface area contributed by atoms with E-state index >= 15 is 0 Å². The number of methoxy groups -OCH3 is 1. The maximum absolute atomic E-state index is 11.9. The van der Waals surface area contributed by atoms with Crippen LogP contribution in [0.3, 0.4) is 0 Å². The van der Waals surface area contributed by atoms with Crippen LogP contribution < -0.4 is 15.8 Å². The fourth-order valence-electron chi connectivity index (χ4n) is 1.61. The zero-order valence-electron chi connectivity index (χ0n) is 12.8. The van der Waals surface area contributed by atoms with Crippen LogP contribution in [-0.2, 0) is 9.53 Å². The summed E-state index contributed by atoms with van der Waals surface area (Å²) in [6, 6.07) is 4.61. The van der Waals surface area contributed by atoms with Crippen molar-refractivity contribution in [2.75, 3.05) is 19.4 Å². The monoisotopic (exact) mass is 294 g/mol. The van der Waals surface area contributed by atoms with Crippen LogP contribution in [0.1, 0.15) is 31.1 Å². The molecule has 0 bridgehead atoms. The van der Waals surface area contributed by atoms with Crippen molar-refractivity contribution in [3.63, 3.8) is 0 Å². The van der Waals surface area contributed by atoms with Crippen LogP contribution in [-0.4, -0.2) is 31.6 Å². The van der Waals surface area contributed by atoms with Gasteiger partial charge in [0.25, 0.3) is 5.91 Å². The van der Waals surface area contributed by atoms with Gasteiger partial charge in [0.15, 0.2) is 6.10 Å². The standard InChI is InChI=1S/C15H22N2O4/c1-9(2)8-17-14(18)10(3)21-13-6-5-11(16)7-12(13)15(19)20-4/h5-7,9-10H,8,16H2,1-4H3,(H,17,18). The molecule has 0 aliphatic rings. The van der Waals surface area contributed by atoms with Crippen molar-refractivity contribution < 1.29 is 19.1 Å². The van der Waals surface area contributed by atoms with Crippen molar-refractivity contribution in [3.8, 4) is 5.75 Å². The molecule has 1 aromatic rings. The average Bonchev–Trinajstić information content (AvgIpc) is 2.45. The summed E-state index contributed by atoms with van der Waals surface area (Å²) in [5, 5.41) is 2.77. The summed E-state index contributed by atoms with van der Waals surface area (Å²) in [6.07, 6.45) is -0.726. The minimum absolute atomic E-state index is 0.195. The van der Waals surface area contributed by atoms with Gasteiger partial charge in [-0.25, -0.2) is 4.79 Å². The molecule has 1 unspecified atom stereocenters. The van der Waals surface area contributed by atoms with Gasteiger partial charge in [-0.05, 0) is 31.0 Å². The molecule has 0 aromatic heterocycles. The van der Waals surface area contributed by atoms with E-state index in [9.17, 15) is 9.59 Å². The molecule has 0 radical (unpaired) electrons. The fourth-order valence-corrected chi connectivity index (χ4v) is 1.61. The van der Waals surface area contributed by atoms with E-state index in [1.165, 1.54) is 13.2 Å². The predicted molar refractivity (Wildman–Crippen MR) is 80.1 cm³/mol. The van der Waals surface area contributed by atoms with E-state index < -0.39 is 12.1 Å². The third-order valence-corrected chi connectivity index (χ3v) is 2.77. The van der Waals surface area contributed by atoms with Gasteiger partial charge in [-0.1, -0.05) is 13.8 Å². The molecule has 6 heteroatoms. The topological polar surface area (TPSA) is 90.7 Å². The van der Waals surface area contributed by atoms with E-state index in [0.717, 1.165) is 0 Å². The molecule has 0 spiro atoms. The highest BCUT2D eigenvalue weighted by atomic mass is 16.5. The zero-order chi connectivity index (χ0) is 16.0. The number of anilines is 1. The Morgan fingerprint density at radius 3 is 2.52 bits per heavy atom. The van der Waals surface area contributed by atoms with Gasteiger partial charge in [-0.15, -0.1) is 0 Å². The second-order valence-corrected chi connectivity index (χ2v) is 5.15. The molecule has 21 heavy (non-hydrogen) atoms. The maximum atomic E-state index is 11.9. The highest BCUT2D eigenvalue weighted by molar-refractivity contribution is 5.93. The van der Waals surface area contributed by atoms with E-state index in [2.05, 4.69) is 10.1 Å². The van der Waals surface area contributed by atoms with Gasteiger partial charge in [0.1, 0.15) is 11.3 Å². The molecular formula is C15H22N2O4. The van der Waals surface area contributed by atoms with Crippen LogP contribution in [0, 0.1) is 5.92 Å². The number of benzene rings is 1. The zero-order valence-corrected chi connectivity index (χ0v) is 12.8. The number of hydrogen-bond donors (Lipinski definition) is 2. The number of rotatable bonds is 6. The molecule has 0 saturated heterocycles. The number of nitrogens with one attached hydrogen (secondary N) is 1. The average molecular weight is 294 g/mol. The van der Waals surface area contributed by atoms with Crippen molar-refractivity contribution in [3.05, 3.63) is 23.8 Å². The Balaban J connectivity index is 2.82. The van der Waals surface area contributed by atoms with Crippen molar-refractivity contribution in [2.45, 2.75) is 26.9 Å². The molecule has 3 N–H and O–H groups in total. The lowest BCUT2D eigenvalue weighted by Crippen LogP contribution is -2.38. The fraction of sp³-hybridized carbons (Fsp3) is 0.467. The molecular weight excluding hydrogens is 272 g/mol. The van der Waals surface area contributed by atoms with E-state index in [4.69, 9.17) is 10.5 Å². The number of nitrogen functional groups attached to an aromatic ring is 1. The Bertz CT molecular complexity index is 514. The highest BCUT2D eigenvalue weighted by Crippen LogP contribution is 2.23. The minimum Gasteiger partial charge on any atom is -0.480 e. The van der Waals surface area contributed by atoms with Crippen LogP contribution in [0.4, 0.5) is 5.69 Å². The largest absolute Gasteiger partial charge is 0.480 e. The lowest BCUT2D eigenvalue weighted by Gasteiger charge is -2.17. The first-order valence-electron chi connectivity index (χ1n) is 6.77. The Labute approximate surface area is 124 Å². The normalized spacial score (nSPS) is 11.9. The summed E-state index contributed by atoms with van der Waals surface area (Å²) in [4.78, 5) is 23.6. The molecule has 1 amide bonds. The number of amides is 1. The Morgan fingerprint density at radius 2 is 1.95 bits per heavy atom. The van der Waals surface area contributed by atoms with Crippen LogP contribution in [0.25, 0.3) is 0 Å². The second-order valence-electron chi connectivity index (χ2n) is 5.15. The van der Waals surface area contributed by atoms with E-state index in [1.807, 2.05) is 13.8 Å². The van der Waals surface area contributed by atoms with Gasteiger partial charge in [-0.3, -0.25) is 4.79 Å². The molecule has 0 aliphatic heterocycles. The van der Waals surface area contributed by atoms with Gasteiger partial charge in [-0.2, -0.15) is 0 Å². The predicted octanol–water partition coefficient (Wildman–Crippen LogP) is 1.59. The molecule has 0 aliphatic carbocycles. The summed E-state index contributed by atoms with van der Waals surface area (Å²) in [6.45, 7) is 6.19. The molecule has 1 atom stereocenters. The number of carbonyl (C=O) groups excluding carboxylic acids is 2. The second kappa shape index (κ2) is 7.52. The molecule has 116 valence electrons. The summed E-state index contributed by atoms with van der Waals surface area (Å²) >= 11 is 0. The molecule has 0 fully saturated rings. The third-order valence-electron chi connectivity index (χ3n) is 2.77. The summed E-state index contributed by atoms with van der Waals surface area (Å²) in [5.41, 5.74) is 6.26. The highest BCUT2D eigenvalue weighted by Gasteiger charge is 2.19. The quantitative estimate of drug-likeness (QED) is 0.614. The maximum Gasteiger partial charge on any atom is 0.341 e. The first kappa shape index (κ1) is 16.8. The summed E-state index contributed by atoms with van der Waals surface area (Å²) < 4.78 is 10.2. The Hall–Kier alpha value is -2.24. The van der Waals surface area contributed by atoms with E-state index in [0.29, 0.717) is 18.2 Å². The first-order valence-corrected chi connectivity index (χ1v) is 6.77. The van der Waals surface area contributed by atoms with Crippen molar-refractivity contribution in [1.82, 2.24) is 5.32 Å². The number of esters is 1. The number of ether oxygens (including phenoxy) is 2. The number of nitrogens with two attached hydrogens (primary N) is 1. The van der Waals surface area contributed by atoms with Gasteiger partial charge in [0.05, 0.1) is 7.11 Å². The Morgan fingerprint density at radius 1 is 1.29 bits per heavy atom. The molecule has 1 aromatic carbocycles. The third kappa shape index (κ3) is 4.98. The van der Waals surface area contributed by atoms with Gasteiger partial charge in [0.2, 0.25) is 0 Å². The van der Waals surface area contributed by atoms with E-state index in [1.54, 1.807) is 19.1 Å². The molecule has 6 nitrogen and oxygen atoms in total. The van der Waals surface area contributed by atoms with Crippen molar-refractivity contribution in [1.29, 1.82) is 0 Å². The van der Waals surface area contributed by atoms with Crippen LogP contribution in [0.5, 0.6) is 5.75 Å². The lowest BCUT2D eigenvalue weighted by atomic mass is 10.1. The summed E-state index contributed by atoms with van der Waals surface area (Å²) in [5.74, 6) is -0.185. The molecule has 1 rings (SSSR count). The van der Waals surface area contributed by atoms with Crippen LogP contribution in [0.2, 0.25) is 0 Å². The molecule has 0 saturated carbocycles. The van der Waals surface area contributed by atoms with Gasteiger partial charge >= 0.3 is 5.97 Å². The summed E-state index contributed by atoms with van der Waals surface area (Å²) in [7, 11) is 1.27. The van der Waals surface area contributed by atoms with Crippen LogP contribution in [0.15, 0.2) is 18.2 Å². The SMILES string of the molecule is COC(=O)c1cc(N)ccc1OC(C)C(=O)NCC(C)C. The smallest absolute Gasteiger partial charge is 0.341 e. The molecule has 0 heterocycles. The first-order chi connectivity index (χ1) is 9.85. The van der Waals surface area contributed by atoms with Crippen molar-refractivity contribution >= 4 is 17.6 Å². The van der Waals surface area contributed by atoms with E-state index in [-0.39, 0.29) is 17.2 Å². The number of hydrogen-bond acceptors (Lipinski definition) is 5. The lowest BCUT2D eigenvalue weighted by molar-refractivity contribution is -0.127.